The molecule has 1 aliphatic carbocycles. The topological polar surface area (TPSA) is 55.1 Å². The quantitative estimate of drug-likeness (QED) is 0.897. The van der Waals surface area contributed by atoms with Crippen LogP contribution in [0.15, 0.2) is 24.3 Å². The fourth-order valence-electron chi connectivity index (χ4n) is 3.09. The van der Waals surface area contributed by atoms with E-state index in [4.69, 9.17) is 17.3 Å². The molecule has 110 valence electrons. The van der Waals surface area contributed by atoms with E-state index in [-0.39, 0.29) is 16.9 Å². The molecule has 0 saturated heterocycles. The maximum Gasteiger partial charge on any atom is 0.238 e. The Bertz CT molecular complexity index is 520. The molecule has 2 atom stereocenters. The highest BCUT2D eigenvalue weighted by atomic mass is 35.5. The van der Waals surface area contributed by atoms with Gasteiger partial charge in [0, 0.05) is 16.0 Å². The Balaban J connectivity index is 2.19. The van der Waals surface area contributed by atoms with Crippen LogP contribution in [0.25, 0.3) is 0 Å². The van der Waals surface area contributed by atoms with Crippen LogP contribution in [0, 0.1) is 5.41 Å². The van der Waals surface area contributed by atoms with Gasteiger partial charge in [-0.25, -0.2) is 0 Å². The van der Waals surface area contributed by atoms with E-state index >= 15 is 0 Å². The minimum absolute atomic E-state index is 0.139. The van der Waals surface area contributed by atoms with Gasteiger partial charge in [-0.3, -0.25) is 10.1 Å². The molecular formula is C16H23ClN2O. The number of amides is 1. The highest BCUT2D eigenvalue weighted by Crippen LogP contribution is 2.58. The van der Waals surface area contributed by atoms with Crippen LogP contribution in [0.5, 0.6) is 0 Å². The fourth-order valence-corrected chi connectivity index (χ4v) is 3.21. The molecule has 3 nitrogen and oxygen atoms in total. The number of rotatable bonds is 4. The van der Waals surface area contributed by atoms with Crippen LogP contribution < -0.4 is 11.1 Å². The van der Waals surface area contributed by atoms with Gasteiger partial charge in [0.2, 0.25) is 5.91 Å². The summed E-state index contributed by atoms with van der Waals surface area (Å²) >= 11 is 5.91. The summed E-state index contributed by atoms with van der Waals surface area (Å²) in [7, 11) is 0. The van der Waals surface area contributed by atoms with Crippen molar-refractivity contribution in [2.75, 3.05) is 0 Å². The summed E-state index contributed by atoms with van der Waals surface area (Å²) in [6, 6.07) is 7.78. The number of benzene rings is 1. The molecule has 1 aliphatic rings. The Labute approximate surface area is 125 Å². The largest absolute Gasteiger partial charge is 0.368 e. The second-order valence-electron chi connectivity index (χ2n) is 7.19. The Morgan fingerprint density at radius 3 is 2.35 bits per heavy atom. The van der Waals surface area contributed by atoms with Crippen molar-refractivity contribution in [3.05, 3.63) is 34.9 Å². The summed E-state index contributed by atoms with van der Waals surface area (Å²) in [5, 5.41) is 4.15. The molecule has 1 saturated carbocycles. The third-order valence-corrected chi connectivity index (χ3v) is 4.33. The Hall–Kier alpha value is -1.06. The third-order valence-electron chi connectivity index (χ3n) is 4.08. The number of halogens is 1. The molecule has 0 radical (unpaired) electrons. The maximum atomic E-state index is 12.0. The van der Waals surface area contributed by atoms with Gasteiger partial charge in [-0.2, -0.15) is 0 Å². The van der Waals surface area contributed by atoms with Gasteiger partial charge in [-0.15, -0.1) is 0 Å². The van der Waals surface area contributed by atoms with Crippen molar-refractivity contribution >= 4 is 17.5 Å². The second-order valence-corrected chi connectivity index (χ2v) is 7.62. The van der Waals surface area contributed by atoms with Crippen molar-refractivity contribution in [1.82, 2.24) is 5.32 Å². The lowest BCUT2D eigenvalue weighted by molar-refractivity contribution is -0.122. The number of nitrogens with two attached hydrogens (primary N) is 1. The first-order valence-corrected chi connectivity index (χ1v) is 7.30. The standard InChI is InChI=1S/C16H23ClN2O/c1-14(2,3)19-16(13(18)20)10-15(16,4)9-11-5-7-12(17)8-6-11/h5-8,19H,9-10H2,1-4H3,(H2,18,20)/t15-,16+/m1/s1. The Kier molecular flexibility index (Phi) is 3.64. The molecule has 4 heteroatoms. The lowest BCUT2D eigenvalue weighted by atomic mass is 9.91. The van der Waals surface area contributed by atoms with E-state index < -0.39 is 5.54 Å². The number of primary amides is 1. The summed E-state index contributed by atoms with van der Waals surface area (Å²) in [6.07, 6.45) is 1.59. The molecule has 1 aromatic carbocycles. The molecule has 0 aromatic heterocycles. The van der Waals surface area contributed by atoms with Crippen LogP contribution in [0.3, 0.4) is 0 Å². The molecule has 20 heavy (non-hydrogen) atoms. The molecule has 0 aliphatic heterocycles. The third kappa shape index (κ3) is 2.84. The minimum Gasteiger partial charge on any atom is -0.368 e. The molecule has 2 rings (SSSR count). The molecule has 0 heterocycles. The number of carbonyl (C=O) groups is 1. The van der Waals surface area contributed by atoms with Crippen molar-refractivity contribution in [3.63, 3.8) is 0 Å². The van der Waals surface area contributed by atoms with Gasteiger partial charge in [-0.05, 0) is 51.3 Å². The Morgan fingerprint density at radius 1 is 1.35 bits per heavy atom. The SMILES string of the molecule is CC(C)(C)N[C@]1(C(N)=O)C[C@@]1(C)Cc1ccc(Cl)cc1. The van der Waals surface area contributed by atoms with Crippen LogP contribution in [-0.2, 0) is 11.2 Å². The van der Waals surface area contributed by atoms with Gasteiger partial charge < -0.3 is 5.73 Å². The number of hydrogen-bond donors (Lipinski definition) is 2. The van der Waals surface area contributed by atoms with E-state index in [9.17, 15) is 4.79 Å². The number of nitrogens with one attached hydrogen (secondary N) is 1. The van der Waals surface area contributed by atoms with E-state index in [1.807, 2.05) is 24.3 Å². The van der Waals surface area contributed by atoms with Crippen LogP contribution in [0.4, 0.5) is 0 Å². The summed E-state index contributed by atoms with van der Waals surface area (Å²) in [5.41, 5.74) is 5.96. The normalized spacial score (nSPS) is 29.2. The first kappa shape index (κ1) is 15.3. The maximum absolute atomic E-state index is 12.0. The van der Waals surface area contributed by atoms with Gasteiger partial charge in [0.1, 0.15) is 5.54 Å². The summed E-state index contributed by atoms with van der Waals surface area (Å²) in [6.45, 7) is 8.28. The van der Waals surface area contributed by atoms with Crippen molar-refractivity contribution in [1.29, 1.82) is 0 Å². The predicted molar refractivity (Wildman–Crippen MR) is 82.7 cm³/mol. The molecule has 1 amide bonds. The second kappa shape index (κ2) is 4.74. The molecule has 0 bridgehead atoms. The number of hydrogen-bond acceptors (Lipinski definition) is 2. The predicted octanol–water partition coefficient (Wildman–Crippen LogP) is 2.90. The van der Waals surface area contributed by atoms with Gasteiger partial charge >= 0.3 is 0 Å². The Morgan fingerprint density at radius 2 is 1.90 bits per heavy atom. The first-order valence-electron chi connectivity index (χ1n) is 6.92. The van der Waals surface area contributed by atoms with Gasteiger partial charge in [0.15, 0.2) is 0 Å². The van der Waals surface area contributed by atoms with E-state index in [1.54, 1.807) is 0 Å². The van der Waals surface area contributed by atoms with Crippen molar-refractivity contribution in [2.45, 2.75) is 51.6 Å². The monoisotopic (exact) mass is 294 g/mol. The number of carbonyl (C=O) groups excluding carboxylic acids is 1. The van der Waals surface area contributed by atoms with E-state index in [1.165, 1.54) is 5.56 Å². The molecule has 0 spiro atoms. The van der Waals surface area contributed by atoms with E-state index in [0.717, 1.165) is 17.9 Å². The lowest BCUT2D eigenvalue weighted by Gasteiger charge is -2.30. The van der Waals surface area contributed by atoms with Crippen molar-refractivity contribution in [2.24, 2.45) is 11.1 Å². The molecular weight excluding hydrogens is 272 g/mol. The zero-order valence-electron chi connectivity index (χ0n) is 12.6. The van der Waals surface area contributed by atoms with Crippen molar-refractivity contribution in [3.8, 4) is 0 Å². The molecule has 1 aromatic rings. The summed E-state index contributed by atoms with van der Waals surface area (Å²) in [5.74, 6) is -0.260. The van der Waals surface area contributed by atoms with Crippen LogP contribution in [-0.4, -0.2) is 17.0 Å². The van der Waals surface area contributed by atoms with Gasteiger partial charge in [-0.1, -0.05) is 30.7 Å². The zero-order chi connectivity index (χ0) is 15.2. The summed E-state index contributed by atoms with van der Waals surface area (Å²) < 4.78 is 0. The average molecular weight is 295 g/mol. The van der Waals surface area contributed by atoms with Crippen LogP contribution in [0.1, 0.15) is 39.7 Å². The minimum atomic E-state index is -0.606. The van der Waals surface area contributed by atoms with E-state index in [2.05, 4.69) is 33.0 Å². The average Bonchev–Trinajstić information content (AvgIpc) is 2.85. The fraction of sp³-hybridized carbons (Fsp3) is 0.562. The highest BCUT2D eigenvalue weighted by molar-refractivity contribution is 6.30. The van der Waals surface area contributed by atoms with Crippen LogP contribution in [0.2, 0.25) is 5.02 Å². The first-order chi connectivity index (χ1) is 9.08. The summed E-state index contributed by atoms with van der Waals surface area (Å²) in [4.78, 5) is 12.0. The molecule has 3 N–H and O–H groups in total. The highest BCUT2D eigenvalue weighted by Gasteiger charge is 2.68. The van der Waals surface area contributed by atoms with Crippen LogP contribution >= 0.6 is 11.6 Å². The molecule has 0 unspecified atom stereocenters. The lowest BCUT2D eigenvalue weighted by Crippen LogP contribution is -2.55. The van der Waals surface area contributed by atoms with Gasteiger partial charge in [0.25, 0.3) is 0 Å². The molecule has 1 fully saturated rings. The zero-order valence-corrected chi connectivity index (χ0v) is 13.3. The van der Waals surface area contributed by atoms with E-state index in [0.29, 0.717) is 0 Å². The van der Waals surface area contributed by atoms with Crippen molar-refractivity contribution < 1.29 is 4.79 Å². The smallest absolute Gasteiger partial charge is 0.238 e. The van der Waals surface area contributed by atoms with Gasteiger partial charge in [0.05, 0.1) is 0 Å².